The van der Waals surface area contributed by atoms with Gasteiger partial charge in [-0.1, -0.05) is 13.8 Å². The van der Waals surface area contributed by atoms with Gasteiger partial charge in [0.05, 0.1) is 19.1 Å². The fourth-order valence-corrected chi connectivity index (χ4v) is 3.62. The maximum atomic E-state index is 13.5. The van der Waals surface area contributed by atoms with Crippen molar-refractivity contribution in [2.24, 2.45) is 5.92 Å². The molecule has 1 aromatic heterocycles. The minimum absolute atomic E-state index is 0.0213. The van der Waals surface area contributed by atoms with Crippen molar-refractivity contribution in [1.82, 2.24) is 15.2 Å². The Morgan fingerprint density at radius 2 is 2.27 bits per heavy atom. The van der Waals surface area contributed by atoms with Crippen molar-refractivity contribution in [3.05, 3.63) is 35.3 Å². The quantitative estimate of drug-likeness (QED) is 0.832. The number of benzene rings is 1. The molecule has 2 aromatic rings. The topological polar surface area (TPSA) is 57.4 Å². The highest BCUT2D eigenvalue weighted by Gasteiger charge is 2.22. The molecule has 1 aliphatic rings. The molecule has 1 amide bonds. The Morgan fingerprint density at radius 1 is 1.46 bits per heavy atom. The fourth-order valence-electron chi connectivity index (χ4n) is 3.62. The second-order valence-electron chi connectivity index (χ2n) is 7.55. The number of aromatic amines is 1. The number of hydrogen-bond acceptors (Lipinski definition) is 3. The number of hydrogen-bond donors (Lipinski definition) is 2. The summed E-state index contributed by atoms with van der Waals surface area (Å²) in [7, 11) is 0. The van der Waals surface area contributed by atoms with Crippen LogP contribution in [-0.4, -0.2) is 54.7 Å². The van der Waals surface area contributed by atoms with Crippen LogP contribution in [0.25, 0.3) is 10.9 Å². The summed E-state index contributed by atoms with van der Waals surface area (Å²) in [6, 6.07) is 4.61. The highest BCUT2D eigenvalue weighted by atomic mass is 19.1. The van der Waals surface area contributed by atoms with Gasteiger partial charge in [-0.3, -0.25) is 9.69 Å². The van der Waals surface area contributed by atoms with Gasteiger partial charge in [-0.15, -0.1) is 0 Å². The van der Waals surface area contributed by atoms with Gasteiger partial charge in [0.1, 0.15) is 5.82 Å². The van der Waals surface area contributed by atoms with Gasteiger partial charge in [-0.2, -0.15) is 0 Å². The summed E-state index contributed by atoms with van der Waals surface area (Å²) in [4.78, 5) is 18.0. The lowest BCUT2D eigenvalue weighted by Crippen LogP contribution is -2.48. The monoisotopic (exact) mass is 361 g/mol. The Hall–Kier alpha value is -1.92. The van der Waals surface area contributed by atoms with E-state index in [2.05, 4.69) is 29.0 Å². The zero-order chi connectivity index (χ0) is 18.7. The van der Waals surface area contributed by atoms with Crippen LogP contribution in [0.2, 0.25) is 0 Å². The van der Waals surface area contributed by atoms with Crippen LogP contribution in [0.15, 0.2) is 18.2 Å². The van der Waals surface area contributed by atoms with E-state index in [1.165, 1.54) is 12.1 Å². The molecule has 142 valence electrons. The first-order valence-electron chi connectivity index (χ1n) is 9.29. The van der Waals surface area contributed by atoms with Gasteiger partial charge in [0.15, 0.2) is 0 Å². The minimum Gasteiger partial charge on any atom is -0.374 e. The molecule has 0 aliphatic carbocycles. The molecule has 3 rings (SSSR count). The van der Waals surface area contributed by atoms with E-state index in [1.54, 1.807) is 6.07 Å². The summed E-state index contributed by atoms with van der Waals surface area (Å²) >= 11 is 0. The number of aromatic nitrogens is 1. The summed E-state index contributed by atoms with van der Waals surface area (Å²) in [5, 5.41) is 3.75. The van der Waals surface area contributed by atoms with Gasteiger partial charge in [0.25, 0.3) is 0 Å². The van der Waals surface area contributed by atoms with E-state index in [4.69, 9.17) is 4.74 Å². The summed E-state index contributed by atoms with van der Waals surface area (Å²) < 4.78 is 19.3. The van der Waals surface area contributed by atoms with Crippen LogP contribution in [0.4, 0.5) is 4.39 Å². The summed E-state index contributed by atoms with van der Waals surface area (Å²) in [6.45, 7) is 10.4. The van der Waals surface area contributed by atoms with Crippen LogP contribution in [0.5, 0.6) is 0 Å². The number of nitrogens with one attached hydrogen (secondary N) is 2. The molecule has 0 radical (unpaired) electrons. The molecule has 2 heterocycles. The molecular formula is C20H28FN3O2. The number of aryl methyl sites for hydroxylation is 1. The second-order valence-corrected chi connectivity index (χ2v) is 7.55. The predicted molar refractivity (Wildman–Crippen MR) is 101 cm³/mol. The van der Waals surface area contributed by atoms with E-state index < -0.39 is 0 Å². The van der Waals surface area contributed by atoms with E-state index in [-0.39, 0.29) is 24.2 Å². The number of nitrogens with zero attached hydrogens (tertiary/aromatic N) is 1. The standard InChI is InChI=1S/C20H28FN3O2/c1-13(2)11-24-6-7-26-16(12-24)10-22-20(25)9-17-14(3)23-19-5-4-15(21)8-18(17)19/h4-5,8,13,16,23H,6-7,9-12H2,1-3H3,(H,22,25). The van der Waals surface area contributed by atoms with Gasteiger partial charge in [0, 0.05) is 42.8 Å². The van der Waals surface area contributed by atoms with Gasteiger partial charge in [-0.25, -0.2) is 4.39 Å². The van der Waals surface area contributed by atoms with Gasteiger partial charge >= 0.3 is 0 Å². The third-order valence-corrected chi connectivity index (χ3v) is 4.79. The second kappa shape index (κ2) is 8.18. The third kappa shape index (κ3) is 4.62. The molecule has 0 bridgehead atoms. The number of carbonyl (C=O) groups is 1. The summed E-state index contributed by atoms with van der Waals surface area (Å²) in [5.74, 6) is 0.260. The molecule has 0 spiro atoms. The first-order chi connectivity index (χ1) is 12.4. The van der Waals surface area contributed by atoms with Crippen molar-refractivity contribution in [1.29, 1.82) is 0 Å². The Balaban J connectivity index is 1.56. The average Bonchev–Trinajstić information content (AvgIpc) is 2.88. The lowest BCUT2D eigenvalue weighted by Gasteiger charge is -2.33. The normalized spacial score (nSPS) is 18.6. The largest absolute Gasteiger partial charge is 0.374 e. The maximum Gasteiger partial charge on any atom is 0.224 e. The van der Waals surface area contributed by atoms with Gasteiger partial charge < -0.3 is 15.0 Å². The first-order valence-corrected chi connectivity index (χ1v) is 9.29. The molecule has 0 saturated carbocycles. The molecule has 1 unspecified atom stereocenters. The molecule has 5 nitrogen and oxygen atoms in total. The molecular weight excluding hydrogens is 333 g/mol. The molecule has 6 heteroatoms. The van der Waals surface area contributed by atoms with Crippen LogP contribution in [0, 0.1) is 18.7 Å². The molecule has 1 aliphatic heterocycles. The SMILES string of the molecule is Cc1[nH]c2ccc(F)cc2c1CC(=O)NCC1CN(CC(C)C)CCO1. The molecule has 2 N–H and O–H groups in total. The maximum absolute atomic E-state index is 13.5. The van der Waals surface area contributed by atoms with Gasteiger partial charge in [-0.05, 0) is 36.6 Å². The predicted octanol–water partition coefficient (Wildman–Crippen LogP) is 2.63. The van der Waals surface area contributed by atoms with Crippen molar-refractivity contribution >= 4 is 16.8 Å². The van der Waals surface area contributed by atoms with Crippen molar-refractivity contribution in [3.8, 4) is 0 Å². The van der Waals surface area contributed by atoms with Crippen LogP contribution >= 0.6 is 0 Å². The number of carbonyl (C=O) groups excluding carboxylic acids is 1. The summed E-state index contributed by atoms with van der Waals surface area (Å²) in [5.41, 5.74) is 2.60. The number of fused-ring (bicyclic) bond motifs is 1. The smallest absolute Gasteiger partial charge is 0.224 e. The zero-order valence-corrected chi connectivity index (χ0v) is 15.8. The van der Waals surface area contributed by atoms with Crippen LogP contribution in [0.1, 0.15) is 25.1 Å². The highest BCUT2D eigenvalue weighted by Crippen LogP contribution is 2.23. The highest BCUT2D eigenvalue weighted by molar-refractivity contribution is 5.90. The zero-order valence-electron chi connectivity index (χ0n) is 15.8. The Labute approximate surface area is 153 Å². The van der Waals surface area contributed by atoms with Crippen molar-refractivity contribution < 1.29 is 13.9 Å². The van der Waals surface area contributed by atoms with Crippen molar-refractivity contribution in [3.63, 3.8) is 0 Å². The van der Waals surface area contributed by atoms with Crippen molar-refractivity contribution in [2.75, 3.05) is 32.8 Å². The van der Waals surface area contributed by atoms with E-state index >= 15 is 0 Å². The number of ether oxygens (including phenoxy) is 1. The van der Waals surface area contributed by atoms with Crippen LogP contribution in [-0.2, 0) is 16.0 Å². The molecule has 1 aromatic carbocycles. The molecule has 1 atom stereocenters. The number of morpholine rings is 1. The van der Waals surface area contributed by atoms with Crippen molar-refractivity contribution in [2.45, 2.75) is 33.3 Å². The Morgan fingerprint density at radius 3 is 3.04 bits per heavy atom. The molecule has 1 saturated heterocycles. The number of H-pyrrole nitrogens is 1. The molecule has 1 fully saturated rings. The van der Waals surface area contributed by atoms with E-state index in [9.17, 15) is 9.18 Å². The number of amides is 1. The Bertz CT molecular complexity index is 772. The fraction of sp³-hybridized carbons (Fsp3) is 0.550. The lowest BCUT2D eigenvalue weighted by molar-refractivity contribution is -0.121. The third-order valence-electron chi connectivity index (χ3n) is 4.79. The van der Waals surface area contributed by atoms with Crippen LogP contribution < -0.4 is 5.32 Å². The minimum atomic E-state index is -0.293. The number of rotatable bonds is 6. The van der Waals surface area contributed by atoms with E-state index in [0.29, 0.717) is 19.1 Å². The van der Waals surface area contributed by atoms with E-state index in [0.717, 1.165) is 41.8 Å². The van der Waals surface area contributed by atoms with Gasteiger partial charge in [0.2, 0.25) is 5.91 Å². The van der Waals surface area contributed by atoms with Crippen LogP contribution in [0.3, 0.4) is 0 Å². The average molecular weight is 361 g/mol. The molecule has 26 heavy (non-hydrogen) atoms. The Kier molecular flexibility index (Phi) is 5.94. The van der Waals surface area contributed by atoms with E-state index in [1.807, 2.05) is 6.92 Å². The lowest BCUT2D eigenvalue weighted by atomic mass is 10.1. The summed E-state index contributed by atoms with van der Waals surface area (Å²) in [6.07, 6.45) is 0.255. The number of halogens is 1. The first kappa shape index (κ1) is 18.9.